The number of rotatable bonds is 3. The third-order valence-corrected chi connectivity index (χ3v) is 2.15. The van der Waals surface area contributed by atoms with Crippen molar-refractivity contribution in [3.63, 3.8) is 0 Å². The molecule has 6 heteroatoms. The molecule has 4 N–H and O–H groups in total. The molecular formula is C9H10ClFN2O2. The molecule has 82 valence electrons. The maximum Gasteiger partial charge on any atom is 0.404 e. The second-order valence-corrected chi connectivity index (χ2v) is 3.34. The average molecular weight is 233 g/mol. The van der Waals surface area contributed by atoms with Crippen molar-refractivity contribution < 1.29 is 14.3 Å². The maximum atomic E-state index is 13.4. The van der Waals surface area contributed by atoms with Gasteiger partial charge in [-0.25, -0.2) is 9.18 Å². The van der Waals surface area contributed by atoms with Crippen molar-refractivity contribution in [3.05, 3.63) is 34.6 Å². The molecule has 0 aliphatic rings. The van der Waals surface area contributed by atoms with Crippen LogP contribution in [0, 0.1) is 5.82 Å². The second-order valence-electron chi connectivity index (χ2n) is 2.94. The van der Waals surface area contributed by atoms with Crippen LogP contribution in [0.1, 0.15) is 11.6 Å². The molecule has 15 heavy (non-hydrogen) atoms. The lowest BCUT2D eigenvalue weighted by Crippen LogP contribution is -2.31. The minimum absolute atomic E-state index is 0.0294. The van der Waals surface area contributed by atoms with Gasteiger partial charge in [0.1, 0.15) is 5.82 Å². The molecule has 0 bridgehead atoms. The number of hydrogen-bond acceptors (Lipinski definition) is 2. The van der Waals surface area contributed by atoms with Gasteiger partial charge in [-0.2, -0.15) is 0 Å². The molecule has 1 rings (SSSR count). The molecule has 1 aromatic carbocycles. The molecule has 1 atom stereocenters. The zero-order valence-corrected chi connectivity index (χ0v) is 8.46. The van der Waals surface area contributed by atoms with Crippen LogP contribution in [0.15, 0.2) is 18.2 Å². The Morgan fingerprint density at radius 1 is 1.67 bits per heavy atom. The summed E-state index contributed by atoms with van der Waals surface area (Å²) in [5, 5.41) is 10.4. The molecule has 0 heterocycles. The van der Waals surface area contributed by atoms with Gasteiger partial charge in [0.2, 0.25) is 0 Å². The molecule has 4 nitrogen and oxygen atoms in total. The van der Waals surface area contributed by atoms with E-state index in [0.29, 0.717) is 0 Å². The van der Waals surface area contributed by atoms with E-state index in [1.54, 1.807) is 6.07 Å². The first-order valence-corrected chi connectivity index (χ1v) is 4.56. The number of nitrogens with two attached hydrogens (primary N) is 1. The largest absolute Gasteiger partial charge is 0.465 e. The van der Waals surface area contributed by atoms with Gasteiger partial charge in [0.25, 0.3) is 0 Å². The van der Waals surface area contributed by atoms with Crippen LogP contribution in [0.25, 0.3) is 0 Å². The van der Waals surface area contributed by atoms with Gasteiger partial charge in [0.05, 0.1) is 11.1 Å². The van der Waals surface area contributed by atoms with Gasteiger partial charge < -0.3 is 16.2 Å². The van der Waals surface area contributed by atoms with Crippen LogP contribution in [-0.4, -0.2) is 17.7 Å². The fourth-order valence-corrected chi connectivity index (χ4v) is 1.30. The summed E-state index contributed by atoms with van der Waals surface area (Å²) in [6, 6.07) is 3.67. The Morgan fingerprint density at radius 2 is 2.33 bits per heavy atom. The minimum Gasteiger partial charge on any atom is -0.465 e. The van der Waals surface area contributed by atoms with Crippen molar-refractivity contribution >= 4 is 17.7 Å². The second kappa shape index (κ2) is 4.95. The van der Waals surface area contributed by atoms with Crippen LogP contribution in [0.4, 0.5) is 9.18 Å². The van der Waals surface area contributed by atoms with Crippen molar-refractivity contribution in [3.8, 4) is 0 Å². The highest BCUT2D eigenvalue weighted by atomic mass is 35.5. The van der Waals surface area contributed by atoms with E-state index < -0.39 is 18.0 Å². The van der Waals surface area contributed by atoms with Gasteiger partial charge in [0, 0.05) is 12.1 Å². The van der Waals surface area contributed by atoms with Crippen molar-refractivity contribution in [1.82, 2.24) is 5.32 Å². The number of carbonyl (C=O) groups is 1. The van der Waals surface area contributed by atoms with E-state index in [1.165, 1.54) is 12.1 Å². The van der Waals surface area contributed by atoms with Gasteiger partial charge in [-0.3, -0.25) is 0 Å². The van der Waals surface area contributed by atoms with Gasteiger partial charge in [-0.1, -0.05) is 23.7 Å². The molecule has 0 saturated heterocycles. The predicted octanol–water partition coefficient (Wildman–Crippen LogP) is 1.75. The van der Waals surface area contributed by atoms with E-state index in [-0.39, 0.29) is 17.1 Å². The number of nitrogens with one attached hydrogen (secondary N) is 1. The molecule has 0 saturated carbocycles. The van der Waals surface area contributed by atoms with Gasteiger partial charge in [0.15, 0.2) is 0 Å². The van der Waals surface area contributed by atoms with E-state index in [9.17, 15) is 9.18 Å². The first-order chi connectivity index (χ1) is 7.02. The van der Waals surface area contributed by atoms with Crippen molar-refractivity contribution in [1.29, 1.82) is 0 Å². The van der Waals surface area contributed by atoms with Crippen LogP contribution >= 0.6 is 11.6 Å². The Kier molecular flexibility index (Phi) is 3.88. The first-order valence-electron chi connectivity index (χ1n) is 4.18. The molecule has 0 fully saturated rings. The van der Waals surface area contributed by atoms with Gasteiger partial charge >= 0.3 is 6.09 Å². The van der Waals surface area contributed by atoms with E-state index >= 15 is 0 Å². The number of hydrogen-bond donors (Lipinski definition) is 3. The molecule has 1 aromatic rings. The average Bonchev–Trinajstić information content (AvgIpc) is 2.18. The van der Waals surface area contributed by atoms with E-state index in [4.69, 9.17) is 22.4 Å². The van der Waals surface area contributed by atoms with Crippen LogP contribution in [0.5, 0.6) is 0 Å². The lowest BCUT2D eigenvalue weighted by atomic mass is 10.1. The molecule has 0 radical (unpaired) electrons. The Labute approximate surface area is 90.8 Å². The Bertz CT molecular complexity index is 373. The predicted molar refractivity (Wildman–Crippen MR) is 54.4 cm³/mol. The van der Waals surface area contributed by atoms with E-state index in [1.807, 2.05) is 0 Å². The number of benzene rings is 1. The van der Waals surface area contributed by atoms with E-state index in [2.05, 4.69) is 5.32 Å². The number of halogens is 2. The lowest BCUT2D eigenvalue weighted by Gasteiger charge is -2.13. The first kappa shape index (κ1) is 11.7. The molecule has 0 spiro atoms. The summed E-state index contributed by atoms with van der Waals surface area (Å²) in [4.78, 5) is 10.2. The third-order valence-electron chi connectivity index (χ3n) is 1.85. The smallest absolute Gasteiger partial charge is 0.404 e. The summed E-state index contributed by atoms with van der Waals surface area (Å²) in [6.45, 7) is -0.0629. The Balaban J connectivity index is 2.77. The molecule has 1 unspecified atom stereocenters. The minimum atomic E-state index is -1.20. The Morgan fingerprint density at radius 3 is 2.93 bits per heavy atom. The topological polar surface area (TPSA) is 75.3 Å². The summed E-state index contributed by atoms with van der Waals surface area (Å²) in [7, 11) is 0. The summed E-state index contributed by atoms with van der Waals surface area (Å²) < 4.78 is 13.4. The van der Waals surface area contributed by atoms with Gasteiger partial charge in [-0.15, -0.1) is 0 Å². The SMILES string of the molecule is NC(CNC(=O)O)c1cccc(Cl)c1F. The highest BCUT2D eigenvalue weighted by Crippen LogP contribution is 2.21. The summed E-state index contributed by atoms with van der Waals surface area (Å²) in [6.07, 6.45) is -1.20. The van der Waals surface area contributed by atoms with Crippen LogP contribution < -0.4 is 11.1 Å². The lowest BCUT2D eigenvalue weighted by molar-refractivity contribution is 0.193. The molecule has 0 aromatic heterocycles. The highest BCUT2D eigenvalue weighted by molar-refractivity contribution is 6.30. The molecule has 1 amide bonds. The van der Waals surface area contributed by atoms with Gasteiger partial charge in [-0.05, 0) is 6.07 Å². The van der Waals surface area contributed by atoms with Crippen molar-refractivity contribution in [2.24, 2.45) is 5.73 Å². The van der Waals surface area contributed by atoms with Crippen molar-refractivity contribution in [2.45, 2.75) is 6.04 Å². The highest BCUT2D eigenvalue weighted by Gasteiger charge is 2.14. The summed E-state index contributed by atoms with van der Waals surface area (Å²) in [5.41, 5.74) is 5.78. The fourth-order valence-electron chi connectivity index (χ4n) is 1.11. The van der Waals surface area contributed by atoms with Crippen LogP contribution in [0.3, 0.4) is 0 Å². The summed E-state index contributed by atoms with van der Waals surface area (Å²) in [5.74, 6) is -0.612. The summed E-state index contributed by atoms with van der Waals surface area (Å²) >= 11 is 5.55. The van der Waals surface area contributed by atoms with E-state index in [0.717, 1.165) is 0 Å². The molecule has 0 aliphatic heterocycles. The van der Waals surface area contributed by atoms with Crippen LogP contribution in [0.2, 0.25) is 5.02 Å². The number of carboxylic acid groups (broad SMARTS) is 1. The van der Waals surface area contributed by atoms with Crippen LogP contribution in [-0.2, 0) is 0 Å². The monoisotopic (exact) mass is 232 g/mol. The quantitative estimate of drug-likeness (QED) is 0.743. The Hall–Kier alpha value is -1.33. The normalized spacial score (nSPS) is 12.2. The fraction of sp³-hybridized carbons (Fsp3) is 0.222. The molecule has 0 aliphatic carbocycles. The molecular weight excluding hydrogens is 223 g/mol. The zero-order chi connectivity index (χ0) is 11.4. The zero-order valence-electron chi connectivity index (χ0n) is 7.71. The maximum absolute atomic E-state index is 13.4. The standard InChI is InChI=1S/C9H10ClFN2O2/c10-6-3-1-2-5(8(6)11)7(12)4-13-9(14)15/h1-3,7,13H,4,12H2,(H,14,15). The third kappa shape index (κ3) is 3.07. The van der Waals surface area contributed by atoms with Crippen molar-refractivity contribution in [2.75, 3.05) is 6.54 Å². The number of amides is 1.